The molecule has 0 bridgehead atoms. The Morgan fingerprint density at radius 1 is 1.50 bits per heavy atom. The van der Waals surface area contributed by atoms with Crippen LogP contribution in [0.1, 0.15) is 47.6 Å². The molecule has 112 valence electrons. The number of amides is 1. The van der Waals surface area contributed by atoms with Gasteiger partial charge in [0, 0.05) is 25.4 Å². The lowest BCUT2D eigenvalue weighted by atomic mass is 10.0. The summed E-state index contributed by atoms with van der Waals surface area (Å²) in [6.45, 7) is 9.43. The quantitative estimate of drug-likeness (QED) is 0.929. The summed E-state index contributed by atoms with van der Waals surface area (Å²) in [5.41, 5.74) is 0.844. The topological polar surface area (TPSA) is 53.4 Å². The Hall–Kier alpha value is -0.940. The summed E-state index contributed by atoms with van der Waals surface area (Å²) < 4.78 is 0. The zero-order chi connectivity index (χ0) is 14.9. The first-order chi connectivity index (χ1) is 9.38. The van der Waals surface area contributed by atoms with E-state index in [-0.39, 0.29) is 17.9 Å². The Labute approximate surface area is 124 Å². The fourth-order valence-corrected chi connectivity index (χ4v) is 3.84. The van der Waals surface area contributed by atoms with Crippen LogP contribution in [0, 0.1) is 18.8 Å². The van der Waals surface area contributed by atoms with Crippen molar-refractivity contribution in [2.45, 2.75) is 46.6 Å². The molecule has 20 heavy (non-hydrogen) atoms. The highest BCUT2D eigenvalue weighted by Crippen LogP contribution is 2.26. The first-order valence-electron chi connectivity index (χ1n) is 7.32. The fourth-order valence-electron chi connectivity index (χ4n) is 2.60. The largest absolute Gasteiger partial charge is 0.393 e. The molecule has 1 fully saturated rings. The van der Waals surface area contributed by atoms with Gasteiger partial charge in [-0.3, -0.25) is 4.79 Å². The van der Waals surface area contributed by atoms with Crippen molar-refractivity contribution in [3.05, 3.63) is 15.6 Å². The number of thiazole rings is 1. The molecule has 1 N–H and O–H groups in total. The van der Waals surface area contributed by atoms with Crippen LogP contribution in [0.3, 0.4) is 0 Å². The molecule has 1 aromatic rings. The monoisotopic (exact) mass is 296 g/mol. The van der Waals surface area contributed by atoms with Gasteiger partial charge in [-0.25, -0.2) is 4.98 Å². The van der Waals surface area contributed by atoms with E-state index in [0.717, 1.165) is 35.0 Å². The van der Waals surface area contributed by atoms with E-state index in [1.807, 2.05) is 11.8 Å². The third-order valence-corrected chi connectivity index (χ3v) is 4.98. The van der Waals surface area contributed by atoms with Gasteiger partial charge in [-0.05, 0) is 26.2 Å². The van der Waals surface area contributed by atoms with Gasteiger partial charge in [0.15, 0.2) is 0 Å². The van der Waals surface area contributed by atoms with E-state index in [1.54, 1.807) is 6.92 Å². The molecule has 0 radical (unpaired) electrons. The van der Waals surface area contributed by atoms with Gasteiger partial charge in [0.25, 0.3) is 5.91 Å². The van der Waals surface area contributed by atoms with Gasteiger partial charge in [0.05, 0.1) is 16.8 Å². The van der Waals surface area contributed by atoms with Crippen LogP contribution in [-0.2, 0) is 6.42 Å². The van der Waals surface area contributed by atoms with Gasteiger partial charge in [0.2, 0.25) is 0 Å². The Morgan fingerprint density at radius 2 is 2.20 bits per heavy atom. The number of rotatable bonds is 4. The van der Waals surface area contributed by atoms with Crippen LogP contribution in [0.25, 0.3) is 0 Å². The smallest absolute Gasteiger partial charge is 0.265 e. The van der Waals surface area contributed by atoms with Crippen molar-refractivity contribution in [2.75, 3.05) is 13.1 Å². The van der Waals surface area contributed by atoms with Gasteiger partial charge in [-0.1, -0.05) is 13.8 Å². The highest BCUT2D eigenvalue weighted by molar-refractivity contribution is 7.13. The number of carbonyl (C=O) groups excluding carboxylic acids is 1. The van der Waals surface area contributed by atoms with E-state index in [9.17, 15) is 9.90 Å². The number of nitrogens with zero attached hydrogens (tertiary/aromatic N) is 2. The molecule has 0 spiro atoms. The maximum atomic E-state index is 12.5. The van der Waals surface area contributed by atoms with Crippen molar-refractivity contribution in [1.82, 2.24) is 9.88 Å². The normalized spacial score (nSPS) is 20.7. The van der Waals surface area contributed by atoms with Crippen molar-refractivity contribution in [2.24, 2.45) is 11.8 Å². The average Bonchev–Trinajstić information content (AvgIpc) is 2.94. The second-order valence-corrected chi connectivity index (χ2v) is 7.24. The van der Waals surface area contributed by atoms with Crippen molar-refractivity contribution < 1.29 is 9.90 Å². The van der Waals surface area contributed by atoms with E-state index in [2.05, 4.69) is 18.8 Å². The summed E-state index contributed by atoms with van der Waals surface area (Å²) >= 11 is 1.53. The van der Waals surface area contributed by atoms with Crippen LogP contribution in [0.5, 0.6) is 0 Å². The Morgan fingerprint density at radius 3 is 2.75 bits per heavy atom. The van der Waals surface area contributed by atoms with E-state index >= 15 is 0 Å². The van der Waals surface area contributed by atoms with Gasteiger partial charge in [-0.15, -0.1) is 11.3 Å². The van der Waals surface area contributed by atoms with Crippen LogP contribution in [0.15, 0.2) is 0 Å². The molecular weight excluding hydrogens is 272 g/mol. The molecule has 1 aromatic heterocycles. The summed E-state index contributed by atoms with van der Waals surface area (Å²) in [6, 6.07) is 0. The molecule has 2 heterocycles. The molecule has 4 nitrogen and oxygen atoms in total. The van der Waals surface area contributed by atoms with Gasteiger partial charge >= 0.3 is 0 Å². The predicted octanol–water partition coefficient (Wildman–Crippen LogP) is 2.49. The lowest BCUT2D eigenvalue weighted by molar-refractivity contribution is 0.0766. The number of aliphatic hydroxyl groups is 1. The van der Waals surface area contributed by atoms with Crippen LogP contribution in [-0.4, -0.2) is 40.1 Å². The molecular formula is C15H24N2O2S. The van der Waals surface area contributed by atoms with Gasteiger partial charge in [0.1, 0.15) is 4.88 Å². The molecule has 2 atom stereocenters. The van der Waals surface area contributed by atoms with Gasteiger partial charge in [-0.2, -0.15) is 0 Å². The summed E-state index contributed by atoms with van der Waals surface area (Å²) in [5, 5.41) is 10.7. The Balaban J connectivity index is 2.08. The molecule has 0 aromatic carbocycles. The summed E-state index contributed by atoms with van der Waals surface area (Å²) in [7, 11) is 0. The van der Waals surface area contributed by atoms with Crippen LogP contribution in [0.2, 0.25) is 0 Å². The first kappa shape index (κ1) is 15.4. The highest BCUT2D eigenvalue weighted by atomic mass is 32.1. The SMILES string of the molecule is Cc1nc(CC(C)C)sc1C(=O)N1CCC(C(C)O)C1. The number of aryl methyl sites for hydroxylation is 1. The number of hydrogen-bond acceptors (Lipinski definition) is 4. The van der Waals surface area contributed by atoms with Crippen molar-refractivity contribution in [3.63, 3.8) is 0 Å². The second kappa shape index (κ2) is 6.22. The van der Waals surface area contributed by atoms with Crippen molar-refractivity contribution >= 4 is 17.2 Å². The molecule has 2 unspecified atom stereocenters. The second-order valence-electron chi connectivity index (χ2n) is 6.16. The molecule has 1 amide bonds. The minimum atomic E-state index is -0.341. The lowest BCUT2D eigenvalue weighted by Crippen LogP contribution is -2.30. The van der Waals surface area contributed by atoms with E-state index in [1.165, 1.54) is 11.3 Å². The van der Waals surface area contributed by atoms with E-state index in [4.69, 9.17) is 0 Å². The standard InChI is InChI=1S/C15H24N2O2S/c1-9(2)7-13-16-10(3)14(20-13)15(19)17-6-5-12(8-17)11(4)18/h9,11-12,18H,5-8H2,1-4H3. The molecule has 0 saturated carbocycles. The van der Waals surface area contributed by atoms with E-state index in [0.29, 0.717) is 12.5 Å². The van der Waals surface area contributed by atoms with Crippen molar-refractivity contribution in [1.29, 1.82) is 0 Å². The number of aliphatic hydroxyl groups excluding tert-OH is 1. The number of likely N-dealkylation sites (tertiary alicyclic amines) is 1. The maximum absolute atomic E-state index is 12.5. The zero-order valence-electron chi connectivity index (χ0n) is 12.7. The minimum absolute atomic E-state index is 0.0816. The molecule has 5 heteroatoms. The first-order valence-corrected chi connectivity index (χ1v) is 8.13. The van der Waals surface area contributed by atoms with Crippen LogP contribution in [0.4, 0.5) is 0 Å². The maximum Gasteiger partial charge on any atom is 0.265 e. The minimum Gasteiger partial charge on any atom is -0.393 e. The van der Waals surface area contributed by atoms with Crippen molar-refractivity contribution in [3.8, 4) is 0 Å². The molecule has 0 aliphatic carbocycles. The average molecular weight is 296 g/mol. The molecule has 1 aliphatic heterocycles. The number of hydrogen-bond donors (Lipinski definition) is 1. The number of aromatic nitrogens is 1. The van der Waals surface area contributed by atoms with Crippen LogP contribution >= 0.6 is 11.3 Å². The lowest BCUT2D eigenvalue weighted by Gasteiger charge is -2.17. The predicted molar refractivity (Wildman–Crippen MR) is 81.1 cm³/mol. The number of carbonyl (C=O) groups is 1. The Kier molecular flexibility index (Phi) is 4.81. The van der Waals surface area contributed by atoms with Gasteiger partial charge < -0.3 is 10.0 Å². The third-order valence-electron chi connectivity index (χ3n) is 3.81. The summed E-state index contributed by atoms with van der Waals surface area (Å²) in [4.78, 5) is 19.7. The van der Waals surface area contributed by atoms with Crippen LogP contribution < -0.4 is 0 Å². The molecule has 1 saturated heterocycles. The summed E-state index contributed by atoms with van der Waals surface area (Å²) in [5.74, 6) is 0.843. The highest BCUT2D eigenvalue weighted by Gasteiger charge is 2.31. The van der Waals surface area contributed by atoms with E-state index < -0.39 is 0 Å². The summed E-state index contributed by atoms with van der Waals surface area (Å²) in [6.07, 6.45) is 1.47. The molecule has 2 rings (SSSR count). The zero-order valence-corrected chi connectivity index (χ0v) is 13.5. The third kappa shape index (κ3) is 3.38. The molecule has 1 aliphatic rings. The Bertz CT molecular complexity index is 482. The fraction of sp³-hybridized carbons (Fsp3) is 0.733.